The molecule has 1 saturated heterocycles. The molecule has 1 atom stereocenters. The summed E-state index contributed by atoms with van der Waals surface area (Å²) < 4.78 is 43.1. The van der Waals surface area contributed by atoms with Gasteiger partial charge in [0.15, 0.2) is 17.3 Å². The van der Waals surface area contributed by atoms with Crippen LogP contribution in [0, 0.1) is 17.5 Å². The van der Waals surface area contributed by atoms with Crippen molar-refractivity contribution in [1.82, 2.24) is 24.8 Å². The molecule has 29 heavy (non-hydrogen) atoms. The number of hydrogen-bond donors (Lipinski definition) is 3. The minimum absolute atomic E-state index is 0.0712. The third-order valence-corrected chi connectivity index (χ3v) is 4.42. The monoisotopic (exact) mass is 405 g/mol. The van der Waals surface area contributed by atoms with Crippen LogP contribution in [0.25, 0.3) is 11.2 Å². The molecule has 2 aromatic heterocycles. The third kappa shape index (κ3) is 3.67. The zero-order valence-electron chi connectivity index (χ0n) is 15.6. The molecule has 11 heteroatoms. The summed E-state index contributed by atoms with van der Waals surface area (Å²) in [6.07, 6.45) is 1.64. The molecule has 1 aromatic carbocycles. The minimum atomic E-state index is -1.10. The molecule has 1 aliphatic heterocycles. The fourth-order valence-electron chi connectivity index (χ4n) is 3.20. The van der Waals surface area contributed by atoms with Crippen molar-refractivity contribution in [2.75, 3.05) is 17.2 Å². The smallest absolute Gasteiger partial charge is 0.224 e. The predicted molar refractivity (Wildman–Crippen MR) is 100 cm³/mol. The maximum absolute atomic E-state index is 14.1. The number of amides is 1. The Morgan fingerprint density at radius 3 is 2.55 bits per heavy atom. The molecule has 0 radical (unpaired) electrons. The fourth-order valence-corrected chi connectivity index (χ4v) is 3.20. The standard InChI is InChI=1S/C18H18F3N7O/c1-8(2)24-17-23-7-13-16(27-17)28(10-5-14(29)22-6-10)18(25-13)26-15-11(20)3-9(19)4-12(15)21/h3-4,7-8,10H,5-6H2,1-2H3,(H,22,29)(H,25,26)(H,23,24,27)/t10-/m0/s1. The number of carbonyl (C=O) groups is 1. The van der Waals surface area contributed by atoms with Crippen LogP contribution in [0.5, 0.6) is 0 Å². The Balaban J connectivity index is 1.83. The van der Waals surface area contributed by atoms with E-state index in [0.29, 0.717) is 35.8 Å². The lowest BCUT2D eigenvalue weighted by molar-refractivity contribution is -0.119. The van der Waals surface area contributed by atoms with E-state index in [0.717, 1.165) is 0 Å². The highest BCUT2D eigenvalue weighted by Gasteiger charge is 2.29. The summed E-state index contributed by atoms with van der Waals surface area (Å²) in [7, 11) is 0. The topological polar surface area (TPSA) is 96.8 Å². The van der Waals surface area contributed by atoms with Crippen molar-refractivity contribution < 1.29 is 18.0 Å². The molecule has 1 aliphatic rings. The van der Waals surface area contributed by atoms with Gasteiger partial charge in [0.25, 0.3) is 0 Å². The number of aromatic nitrogens is 4. The first kappa shape index (κ1) is 19.0. The van der Waals surface area contributed by atoms with Gasteiger partial charge in [0, 0.05) is 31.1 Å². The highest BCUT2D eigenvalue weighted by atomic mass is 19.1. The first-order valence-electron chi connectivity index (χ1n) is 9.01. The van der Waals surface area contributed by atoms with Gasteiger partial charge in [-0.2, -0.15) is 4.98 Å². The minimum Gasteiger partial charge on any atom is -0.354 e. The molecule has 4 rings (SSSR count). The van der Waals surface area contributed by atoms with Crippen LogP contribution in [0.3, 0.4) is 0 Å². The number of hydrogen-bond acceptors (Lipinski definition) is 6. The molecule has 8 nitrogen and oxygen atoms in total. The maximum atomic E-state index is 14.1. The Morgan fingerprint density at radius 2 is 1.93 bits per heavy atom. The Labute approximate surface area is 163 Å². The Hall–Kier alpha value is -3.37. The van der Waals surface area contributed by atoms with Crippen molar-refractivity contribution >= 4 is 34.7 Å². The molecule has 152 valence electrons. The zero-order valence-corrected chi connectivity index (χ0v) is 15.6. The van der Waals surface area contributed by atoms with Crippen LogP contribution in [0.2, 0.25) is 0 Å². The van der Waals surface area contributed by atoms with Crippen LogP contribution < -0.4 is 16.0 Å². The lowest BCUT2D eigenvalue weighted by Crippen LogP contribution is -2.17. The molecule has 0 saturated carbocycles. The second-order valence-corrected chi connectivity index (χ2v) is 7.04. The largest absolute Gasteiger partial charge is 0.354 e. The molecular formula is C18H18F3N7O. The van der Waals surface area contributed by atoms with Gasteiger partial charge in [-0.1, -0.05) is 0 Å². The van der Waals surface area contributed by atoms with Crippen molar-refractivity contribution in [2.45, 2.75) is 32.4 Å². The first-order valence-corrected chi connectivity index (χ1v) is 9.01. The Bertz CT molecular complexity index is 1080. The molecule has 0 unspecified atom stereocenters. The molecule has 3 aromatic rings. The number of nitrogens with one attached hydrogen (secondary N) is 3. The van der Waals surface area contributed by atoms with Crippen LogP contribution in [0.15, 0.2) is 18.3 Å². The molecule has 0 spiro atoms. The van der Waals surface area contributed by atoms with Gasteiger partial charge in [-0.3, -0.25) is 9.36 Å². The number of anilines is 3. The van der Waals surface area contributed by atoms with Crippen molar-refractivity contribution in [3.8, 4) is 0 Å². The van der Waals surface area contributed by atoms with Gasteiger partial charge in [0.1, 0.15) is 17.0 Å². The predicted octanol–water partition coefficient (Wildman–Crippen LogP) is 2.87. The highest BCUT2D eigenvalue weighted by molar-refractivity contribution is 5.81. The van der Waals surface area contributed by atoms with E-state index in [1.54, 1.807) is 4.57 Å². The maximum Gasteiger partial charge on any atom is 0.224 e. The molecule has 1 amide bonds. The molecular weight excluding hydrogens is 387 g/mol. The number of imidazole rings is 1. The Morgan fingerprint density at radius 1 is 1.21 bits per heavy atom. The van der Waals surface area contributed by atoms with Crippen LogP contribution in [0.1, 0.15) is 26.3 Å². The third-order valence-electron chi connectivity index (χ3n) is 4.42. The summed E-state index contributed by atoms with van der Waals surface area (Å²) in [5.41, 5.74) is 0.230. The number of nitrogens with zero attached hydrogens (tertiary/aromatic N) is 4. The quantitative estimate of drug-likeness (QED) is 0.604. The van der Waals surface area contributed by atoms with Gasteiger partial charge in [0.2, 0.25) is 17.8 Å². The highest BCUT2D eigenvalue weighted by Crippen LogP contribution is 2.31. The number of fused-ring (bicyclic) bond motifs is 1. The summed E-state index contributed by atoms with van der Waals surface area (Å²) in [4.78, 5) is 24.7. The van der Waals surface area contributed by atoms with Gasteiger partial charge < -0.3 is 16.0 Å². The molecule has 0 bridgehead atoms. The molecule has 0 aliphatic carbocycles. The van der Waals surface area contributed by atoms with E-state index in [2.05, 4.69) is 30.9 Å². The van der Waals surface area contributed by atoms with E-state index >= 15 is 0 Å². The summed E-state index contributed by atoms with van der Waals surface area (Å²) in [5, 5.41) is 8.38. The summed E-state index contributed by atoms with van der Waals surface area (Å²) in [6.45, 7) is 4.17. The van der Waals surface area contributed by atoms with E-state index in [4.69, 9.17) is 0 Å². The summed E-state index contributed by atoms with van der Waals surface area (Å²) >= 11 is 0. The molecule has 3 heterocycles. The summed E-state index contributed by atoms with van der Waals surface area (Å²) in [5.74, 6) is -2.96. The van der Waals surface area contributed by atoms with Gasteiger partial charge in [0.05, 0.1) is 12.2 Å². The number of rotatable bonds is 5. The summed E-state index contributed by atoms with van der Waals surface area (Å²) in [6, 6.07) is 0.856. The van der Waals surface area contributed by atoms with Gasteiger partial charge >= 0.3 is 0 Å². The fraction of sp³-hybridized carbons (Fsp3) is 0.333. The molecule has 1 fully saturated rings. The second kappa shape index (κ2) is 7.22. The average molecular weight is 405 g/mol. The zero-order chi connectivity index (χ0) is 20.7. The SMILES string of the molecule is CC(C)Nc1ncc2nc(Nc3c(F)cc(F)cc3F)n([C@@H]3CNC(=O)C3)c2n1. The van der Waals surface area contributed by atoms with Crippen molar-refractivity contribution in [1.29, 1.82) is 0 Å². The van der Waals surface area contributed by atoms with Crippen molar-refractivity contribution in [3.63, 3.8) is 0 Å². The van der Waals surface area contributed by atoms with Crippen molar-refractivity contribution in [3.05, 3.63) is 35.8 Å². The number of halogens is 3. The van der Waals surface area contributed by atoms with Crippen LogP contribution >= 0.6 is 0 Å². The van der Waals surface area contributed by atoms with Crippen molar-refractivity contribution in [2.24, 2.45) is 0 Å². The lowest BCUT2D eigenvalue weighted by Gasteiger charge is -2.16. The first-order chi connectivity index (χ1) is 13.8. The van der Waals surface area contributed by atoms with Gasteiger partial charge in [-0.05, 0) is 13.8 Å². The van der Waals surface area contributed by atoms with Crippen LogP contribution in [-0.2, 0) is 4.79 Å². The normalized spacial score (nSPS) is 16.5. The lowest BCUT2D eigenvalue weighted by atomic mass is 10.2. The second-order valence-electron chi connectivity index (χ2n) is 7.04. The number of benzene rings is 1. The average Bonchev–Trinajstić information content (AvgIpc) is 3.20. The van der Waals surface area contributed by atoms with E-state index in [1.165, 1.54) is 6.20 Å². The van der Waals surface area contributed by atoms with Crippen LogP contribution in [0.4, 0.5) is 30.8 Å². The van der Waals surface area contributed by atoms with E-state index in [-0.39, 0.29) is 30.4 Å². The Kier molecular flexibility index (Phi) is 4.73. The molecule has 3 N–H and O–H groups in total. The van der Waals surface area contributed by atoms with Gasteiger partial charge in [-0.15, -0.1) is 0 Å². The van der Waals surface area contributed by atoms with E-state index in [9.17, 15) is 18.0 Å². The van der Waals surface area contributed by atoms with Gasteiger partial charge in [-0.25, -0.2) is 23.1 Å². The van der Waals surface area contributed by atoms with E-state index in [1.807, 2.05) is 13.8 Å². The van der Waals surface area contributed by atoms with E-state index < -0.39 is 23.1 Å². The van der Waals surface area contributed by atoms with Crippen LogP contribution in [-0.4, -0.2) is 38.0 Å². The number of carbonyl (C=O) groups excluding carboxylic acids is 1.